The molecule has 2 aliphatic rings. The van der Waals surface area contributed by atoms with Crippen molar-refractivity contribution in [2.75, 3.05) is 64.3 Å². The van der Waals surface area contributed by atoms with Crippen molar-refractivity contribution in [3.63, 3.8) is 0 Å². The summed E-state index contributed by atoms with van der Waals surface area (Å²) >= 11 is 0. The molecule has 5 nitrogen and oxygen atoms in total. The predicted molar refractivity (Wildman–Crippen MR) is 106 cm³/mol. The first-order valence-electron chi connectivity index (χ1n) is 9.88. The number of aliphatic imine (C=N–C) groups is 1. The van der Waals surface area contributed by atoms with Gasteiger partial charge >= 0.3 is 0 Å². The minimum Gasteiger partial charge on any atom is -0.368 e. The van der Waals surface area contributed by atoms with Crippen LogP contribution in [-0.2, 0) is 0 Å². The molecule has 0 aliphatic carbocycles. The normalized spacial score (nSPS) is 22.1. The van der Waals surface area contributed by atoms with Gasteiger partial charge in [0.05, 0.1) is 0 Å². The lowest BCUT2D eigenvalue weighted by atomic mass is 10.1. The van der Waals surface area contributed by atoms with Gasteiger partial charge in [-0.2, -0.15) is 0 Å². The maximum absolute atomic E-state index is 13.1. The lowest BCUT2D eigenvalue weighted by Crippen LogP contribution is -2.53. The quantitative estimate of drug-likeness (QED) is 0.644. The molecule has 1 atom stereocenters. The Bertz CT molecular complexity index is 580. The van der Waals surface area contributed by atoms with Gasteiger partial charge in [-0.25, -0.2) is 4.39 Å². The molecule has 1 aromatic rings. The molecule has 2 fully saturated rings. The number of rotatable bonds is 5. The van der Waals surface area contributed by atoms with Crippen molar-refractivity contribution < 1.29 is 4.39 Å². The van der Waals surface area contributed by atoms with E-state index in [9.17, 15) is 4.39 Å². The smallest absolute Gasteiger partial charge is 0.193 e. The molecule has 26 heavy (non-hydrogen) atoms. The fraction of sp³-hybridized carbons (Fsp3) is 0.650. The largest absolute Gasteiger partial charge is 0.368 e. The Morgan fingerprint density at radius 2 is 1.88 bits per heavy atom. The van der Waals surface area contributed by atoms with Crippen molar-refractivity contribution in [2.45, 2.75) is 19.8 Å². The SMILES string of the molecule is CCCN1CCC(CNC(=NC)N2CCN(c3ccc(F)cc3)CC2)C1. The second kappa shape index (κ2) is 9.21. The Morgan fingerprint density at radius 3 is 2.54 bits per heavy atom. The van der Waals surface area contributed by atoms with E-state index in [1.807, 2.05) is 19.2 Å². The monoisotopic (exact) mass is 361 g/mol. The van der Waals surface area contributed by atoms with E-state index in [2.05, 4.69) is 31.9 Å². The molecule has 144 valence electrons. The lowest BCUT2D eigenvalue weighted by Gasteiger charge is -2.38. The summed E-state index contributed by atoms with van der Waals surface area (Å²) < 4.78 is 13.1. The number of halogens is 1. The van der Waals surface area contributed by atoms with Gasteiger partial charge in [0, 0.05) is 52.0 Å². The van der Waals surface area contributed by atoms with Crippen LogP contribution < -0.4 is 10.2 Å². The Morgan fingerprint density at radius 1 is 1.15 bits per heavy atom. The third-order valence-electron chi connectivity index (χ3n) is 5.44. The van der Waals surface area contributed by atoms with Gasteiger partial charge in [-0.05, 0) is 56.1 Å². The molecule has 0 spiro atoms. The summed E-state index contributed by atoms with van der Waals surface area (Å²) in [6.45, 7) is 10.6. The van der Waals surface area contributed by atoms with E-state index in [4.69, 9.17) is 0 Å². The van der Waals surface area contributed by atoms with Crippen molar-refractivity contribution in [2.24, 2.45) is 10.9 Å². The Balaban J connectivity index is 1.44. The third kappa shape index (κ3) is 4.87. The molecule has 6 heteroatoms. The molecule has 0 aromatic heterocycles. The molecule has 0 radical (unpaired) electrons. The van der Waals surface area contributed by atoms with Crippen molar-refractivity contribution in [1.82, 2.24) is 15.1 Å². The van der Waals surface area contributed by atoms with Crippen LogP contribution in [0.15, 0.2) is 29.3 Å². The maximum Gasteiger partial charge on any atom is 0.193 e. The second-order valence-corrected chi connectivity index (χ2v) is 7.33. The van der Waals surface area contributed by atoms with Gasteiger partial charge in [-0.3, -0.25) is 4.99 Å². The number of benzene rings is 1. The number of piperazine rings is 1. The molecule has 1 aromatic carbocycles. The molecule has 0 saturated carbocycles. The number of nitrogens with one attached hydrogen (secondary N) is 1. The molecule has 2 heterocycles. The van der Waals surface area contributed by atoms with Crippen LogP contribution in [-0.4, -0.2) is 75.2 Å². The Labute approximate surface area is 156 Å². The number of hydrogen-bond donors (Lipinski definition) is 1. The van der Waals surface area contributed by atoms with E-state index in [0.29, 0.717) is 0 Å². The minimum absolute atomic E-state index is 0.179. The molecule has 2 aliphatic heterocycles. The average Bonchev–Trinajstić information content (AvgIpc) is 3.11. The highest BCUT2D eigenvalue weighted by atomic mass is 19.1. The topological polar surface area (TPSA) is 34.1 Å². The lowest BCUT2D eigenvalue weighted by molar-refractivity contribution is 0.322. The highest BCUT2D eigenvalue weighted by molar-refractivity contribution is 5.80. The summed E-state index contributed by atoms with van der Waals surface area (Å²) in [5.74, 6) is 1.55. The van der Waals surface area contributed by atoms with Gasteiger partial charge in [-0.15, -0.1) is 0 Å². The van der Waals surface area contributed by atoms with E-state index < -0.39 is 0 Å². The van der Waals surface area contributed by atoms with E-state index in [1.54, 1.807) is 0 Å². The summed E-state index contributed by atoms with van der Waals surface area (Å²) in [5.41, 5.74) is 1.09. The van der Waals surface area contributed by atoms with Crippen molar-refractivity contribution in [1.29, 1.82) is 0 Å². The second-order valence-electron chi connectivity index (χ2n) is 7.33. The zero-order chi connectivity index (χ0) is 18.4. The third-order valence-corrected chi connectivity index (χ3v) is 5.44. The number of hydrogen-bond acceptors (Lipinski definition) is 3. The van der Waals surface area contributed by atoms with Crippen molar-refractivity contribution in [3.05, 3.63) is 30.1 Å². The molecular formula is C20H32FN5. The van der Waals surface area contributed by atoms with Crippen molar-refractivity contribution in [3.8, 4) is 0 Å². The minimum atomic E-state index is -0.179. The van der Waals surface area contributed by atoms with Crippen LogP contribution >= 0.6 is 0 Å². The van der Waals surface area contributed by atoms with Crippen LogP contribution in [0.5, 0.6) is 0 Å². The first-order chi connectivity index (χ1) is 12.7. The van der Waals surface area contributed by atoms with Gasteiger partial charge in [0.15, 0.2) is 5.96 Å². The number of nitrogens with zero attached hydrogens (tertiary/aromatic N) is 4. The summed E-state index contributed by atoms with van der Waals surface area (Å²) in [6.07, 6.45) is 2.52. The molecule has 0 bridgehead atoms. The summed E-state index contributed by atoms with van der Waals surface area (Å²) in [5, 5.41) is 3.59. The fourth-order valence-electron chi connectivity index (χ4n) is 4.00. The average molecular weight is 362 g/mol. The van der Waals surface area contributed by atoms with Gasteiger partial charge in [0.2, 0.25) is 0 Å². The number of anilines is 1. The molecule has 1 unspecified atom stereocenters. The summed E-state index contributed by atoms with van der Waals surface area (Å²) in [4.78, 5) is 11.7. The molecular weight excluding hydrogens is 329 g/mol. The first kappa shape index (κ1) is 19.0. The molecule has 0 amide bonds. The Kier molecular flexibility index (Phi) is 6.72. The van der Waals surface area contributed by atoms with Crippen LogP contribution in [0.1, 0.15) is 19.8 Å². The zero-order valence-corrected chi connectivity index (χ0v) is 16.1. The van der Waals surface area contributed by atoms with Gasteiger partial charge < -0.3 is 20.0 Å². The van der Waals surface area contributed by atoms with Crippen LogP contribution in [0.3, 0.4) is 0 Å². The maximum atomic E-state index is 13.1. The highest BCUT2D eigenvalue weighted by Crippen LogP contribution is 2.18. The van der Waals surface area contributed by atoms with Gasteiger partial charge in [0.25, 0.3) is 0 Å². The van der Waals surface area contributed by atoms with Crippen LogP contribution in [0.2, 0.25) is 0 Å². The Hall–Kier alpha value is -1.82. The van der Waals surface area contributed by atoms with E-state index in [1.165, 1.54) is 44.6 Å². The van der Waals surface area contributed by atoms with E-state index in [-0.39, 0.29) is 5.82 Å². The molecule has 3 rings (SSSR count). The predicted octanol–water partition coefficient (Wildman–Crippen LogP) is 2.26. The van der Waals surface area contributed by atoms with Crippen LogP contribution in [0.4, 0.5) is 10.1 Å². The van der Waals surface area contributed by atoms with Crippen LogP contribution in [0.25, 0.3) is 0 Å². The summed E-state index contributed by atoms with van der Waals surface area (Å²) in [7, 11) is 1.87. The van der Waals surface area contributed by atoms with Gasteiger partial charge in [0.1, 0.15) is 5.82 Å². The highest BCUT2D eigenvalue weighted by Gasteiger charge is 2.24. The van der Waals surface area contributed by atoms with Crippen LogP contribution in [0, 0.1) is 11.7 Å². The van der Waals surface area contributed by atoms with E-state index >= 15 is 0 Å². The van der Waals surface area contributed by atoms with Gasteiger partial charge in [-0.1, -0.05) is 6.92 Å². The summed E-state index contributed by atoms with van der Waals surface area (Å²) in [6, 6.07) is 6.79. The first-order valence-corrected chi connectivity index (χ1v) is 9.88. The number of likely N-dealkylation sites (tertiary alicyclic amines) is 1. The standard InChI is InChI=1S/C20H32FN5/c1-3-9-24-10-8-17(16-24)15-23-20(22-2)26-13-11-25(12-14-26)19-6-4-18(21)5-7-19/h4-7,17H,3,8-16H2,1-2H3,(H,22,23). The fourth-order valence-corrected chi connectivity index (χ4v) is 4.00. The molecule has 1 N–H and O–H groups in total. The number of guanidine groups is 1. The van der Waals surface area contributed by atoms with E-state index in [0.717, 1.165) is 50.3 Å². The molecule has 2 saturated heterocycles. The zero-order valence-electron chi connectivity index (χ0n) is 16.1. The van der Waals surface area contributed by atoms with Crippen molar-refractivity contribution >= 4 is 11.6 Å².